The van der Waals surface area contributed by atoms with Crippen molar-refractivity contribution in [3.05, 3.63) is 152 Å². The van der Waals surface area contributed by atoms with Gasteiger partial charge in [0.2, 0.25) is 0 Å². The van der Waals surface area contributed by atoms with Crippen molar-refractivity contribution in [2.75, 3.05) is 0 Å². The van der Waals surface area contributed by atoms with Gasteiger partial charge in [0.25, 0.3) is 0 Å². The van der Waals surface area contributed by atoms with Crippen LogP contribution in [0.1, 0.15) is 32.8 Å². The van der Waals surface area contributed by atoms with Gasteiger partial charge >= 0.3 is 0 Å². The van der Waals surface area contributed by atoms with Gasteiger partial charge in [-0.2, -0.15) is 0 Å². The van der Waals surface area contributed by atoms with Crippen molar-refractivity contribution in [1.82, 2.24) is 24.9 Å². The highest BCUT2D eigenvalue weighted by Gasteiger charge is 2.18. The molecule has 47 heavy (non-hydrogen) atoms. The molecule has 5 heteroatoms. The van der Waals surface area contributed by atoms with Gasteiger partial charge in [-0.15, -0.1) is 0 Å². The van der Waals surface area contributed by atoms with Gasteiger partial charge in [0.1, 0.15) is 5.69 Å². The van der Waals surface area contributed by atoms with E-state index < -0.39 is 0 Å². The van der Waals surface area contributed by atoms with Crippen molar-refractivity contribution < 1.29 is 0 Å². The lowest BCUT2D eigenvalue weighted by Gasteiger charge is -2.23. The summed E-state index contributed by atoms with van der Waals surface area (Å²) in [4.78, 5) is 24.3. The zero-order valence-electron chi connectivity index (χ0n) is 26.8. The minimum Gasteiger partial charge on any atom is -0.254 e. The molecule has 0 amide bonds. The van der Waals surface area contributed by atoms with E-state index in [2.05, 4.69) is 87.5 Å². The third-order valence-electron chi connectivity index (χ3n) is 8.87. The van der Waals surface area contributed by atoms with Crippen LogP contribution in [0.2, 0.25) is 0 Å². The van der Waals surface area contributed by atoms with E-state index in [-0.39, 0.29) is 5.41 Å². The summed E-state index contributed by atoms with van der Waals surface area (Å²) in [6.45, 7) is 6.78. The lowest BCUT2D eigenvalue weighted by atomic mass is 9.82. The largest absolute Gasteiger partial charge is 0.254 e. The molecule has 0 bridgehead atoms. The molecule has 0 atom stereocenters. The van der Waals surface area contributed by atoms with Crippen molar-refractivity contribution >= 4 is 0 Å². The van der Waals surface area contributed by atoms with Crippen molar-refractivity contribution in [2.45, 2.75) is 32.6 Å². The van der Waals surface area contributed by atoms with Gasteiger partial charge in [-0.05, 0) is 58.4 Å². The Morgan fingerprint density at radius 2 is 0.830 bits per heavy atom. The molecule has 3 aromatic carbocycles. The fourth-order valence-electron chi connectivity index (χ4n) is 5.53. The van der Waals surface area contributed by atoms with Gasteiger partial charge in [0.05, 0.1) is 22.8 Å². The first-order valence-corrected chi connectivity index (χ1v) is 16.0. The molecule has 4 aromatic heterocycles. The monoisotopic (exact) mass is 609 g/mol. The summed E-state index contributed by atoms with van der Waals surface area (Å²) in [6, 6.07) is 43.4. The van der Waals surface area contributed by atoms with Crippen LogP contribution >= 0.6 is 0 Å². The van der Waals surface area contributed by atoms with Gasteiger partial charge < -0.3 is 0 Å². The topological polar surface area (TPSA) is 64.5 Å². The summed E-state index contributed by atoms with van der Waals surface area (Å²) in [7, 11) is 0. The van der Waals surface area contributed by atoms with Crippen molar-refractivity contribution in [3.63, 3.8) is 0 Å². The predicted molar refractivity (Wildman–Crippen MR) is 191 cm³/mol. The van der Waals surface area contributed by atoms with Gasteiger partial charge in [0, 0.05) is 35.3 Å². The van der Waals surface area contributed by atoms with E-state index in [0.29, 0.717) is 22.9 Å². The minimum atomic E-state index is 0.147. The van der Waals surface area contributed by atoms with Crippen molar-refractivity contribution in [2.24, 2.45) is 0 Å². The molecular weight excluding hydrogens is 574 g/mol. The van der Waals surface area contributed by atoms with Gasteiger partial charge in [0.15, 0.2) is 5.82 Å². The number of benzene rings is 3. The zero-order valence-corrected chi connectivity index (χ0v) is 26.8. The molecular formula is C42H35N5. The smallest absolute Gasteiger partial charge is 0.179 e. The van der Waals surface area contributed by atoms with E-state index in [1.165, 1.54) is 5.56 Å². The van der Waals surface area contributed by atoms with Crippen molar-refractivity contribution in [3.8, 4) is 67.7 Å². The fourth-order valence-corrected chi connectivity index (χ4v) is 5.53. The summed E-state index contributed by atoms with van der Waals surface area (Å²) in [5.74, 6) is 0.520. The Balaban J connectivity index is 1.25. The maximum Gasteiger partial charge on any atom is 0.179 e. The standard InChI is InChI=1S/C42H35N5/c1-4-42(2,3)35-20-15-31(16-21-35)34-19-24-38(45-28-34)41-46-39(36-22-17-32(26-43-36)29-11-7-5-8-12-29)25-40(47-41)37-23-18-33(27-44-37)30-13-9-6-10-14-30/h5-28H,4H2,1-3H3. The van der Waals surface area contributed by atoms with Gasteiger partial charge in [-0.3, -0.25) is 15.0 Å². The first-order valence-electron chi connectivity index (χ1n) is 16.0. The molecule has 0 aliphatic rings. The average Bonchev–Trinajstić information content (AvgIpc) is 3.15. The first-order chi connectivity index (χ1) is 23.0. The van der Waals surface area contributed by atoms with E-state index in [1.54, 1.807) is 0 Å². The number of nitrogens with zero attached hydrogens (tertiary/aromatic N) is 5. The molecule has 5 nitrogen and oxygen atoms in total. The summed E-state index contributed by atoms with van der Waals surface area (Å²) >= 11 is 0. The molecule has 0 aliphatic heterocycles. The number of pyridine rings is 3. The maximum atomic E-state index is 4.95. The molecule has 7 rings (SSSR count). The van der Waals surface area contributed by atoms with Crippen molar-refractivity contribution in [1.29, 1.82) is 0 Å². The molecule has 0 spiro atoms. The summed E-state index contributed by atoms with van der Waals surface area (Å²) in [6.07, 6.45) is 6.76. The van der Waals surface area contributed by atoms with Crippen LogP contribution in [0.4, 0.5) is 0 Å². The molecule has 0 radical (unpaired) electrons. The Kier molecular flexibility index (Phi) is 8.20. The zero-order chi connectivity index (χ0) is 32.2. The summed E-state index contributed by atoms with van der Waals surface area (Å²) < 4.78 is 0. The number of rotatable bonds is 8. The second-order valence-corrected chi connectivity index (χ2v) is 12.3. The molecule has 0 unspecified atom stereocenters. The summed E-state index contributed by atoms with van der Waals surface area (Å²) in [5.41, 5.74) is 11.6. The van der Waals surface area contributed by atoms with Crippen LogP contribution in [0, 0.1) is 0 Å². The molecule has 0 fully saturated rings. The first kappa shape index (κ1) is 29.9. The molecule has 0 saturated heterocycles. The third-order valence-corrected chi connectivity index (χ3v) is 8.87. The normalized spacial score (nSPS) is 11.4. The van der Waals surface area contributed by atoms with Crippen LogP contribution in [-0.4, -0.2) is 24.9 Å². The molecule has 7 aromatic rings. The highest BCUT2D eigenvalue weighted by molar-refractivity contribution is 5.72. The number of hydrogen-bond donors (Lipinski definition) is 0. The Labute approximate surface area is 276 Å². The van der Waals surface area contributed by atoms with E-state index in [1.807, 2.05) is 79.3 Å². The summed E-state index contributed by atoms with van der Waals surface area (Å²) in [5, 5.41) is 0. The maximum absolute atomic E-state index is 4.95. The SMILES string of the molecule is CCC(C)(C)c1ccc(-c2ccc(-c3nc(-c4ccc(-c5ccccc5)cn4)cc(-c4ccc(-c5ccccc5)cn4)n3)nc2)cc1. The van der Waals surface area contributed by atoms with E-state index >= 15 is 0 Å². The Morgan fingerprint density at radius 1 is 0.426 bits per heavy atom. The highest BCUT2D eigenvalue weighted by Crippen LogP contribution is 2.31. The van der Waals surface area contributed by atoms with Gasteiger partial charge in [-0.25, -0.2) is 9.97 Å². The van der Waals surface area contributed by atoms with Crippen LogP contribution in [0.5, 0.6) is 0 Å². The lowest BCUT2D eigenvalue weighted by Crippen LogP contribution is -2.14. The Bertz CT molecular complexity index is 1990. The third kappa shape index (κ3) is 6.47. The highest BCUT2D eigenvalue weighted by atomic mass is 14.9. The van der Waals surface area contributed by atoms with E-state index in [9.17, 15) is 0 Å². The van der Waals surface area contributed by atoms with Crippen LogP contribution in [0.3, 0.4) is 0 Å². The molecule has 4 heterocycles. The van der Waals surface area contributed by atoms with Crippen LogP contribution in [0.25, 0.3) is 67.7 Å². The molecule has 0 N–H and O–H groups in total. The number of hydrogen-bond acceptors (Lipinski definition) is 5. The Hall–Kier alpha value is -5.81. The quantitative estimate of drug-likeness (QED) is 0.172. The predicted octanol–water partition coefficient (Wildman–Crippen LogP) is 10.4. The average molecular weight is 610 g/mol. The molecule has 0 aliphatic carbocycles. The van der Waals surface area contributed by atoms with Crippen LogP contribution in [-0.2, 0) is 5.41 Å². The van der Waals surface area contributed by atoms with Crippen LogP contribution in [0.15, 0.2) is 146 Å². The van der Waals surface area contributed by atoms with Gasteiger partial charge in [-0.1, -0.05) is 124 Å². The molecule has 0 saturated carbocycles. The van der Waals surface area contributed by atoms with E-state index in [4.69, 9.17) is 24.9 Å². The Morgan fingerprint density at radius 3 is 1.23 bits per heavy atom. The second kappa shape index (κ2) is 12.9. The second-order valence-electron chi connectivity index (χ2n) is 12.3. The van der Waals surface area contributed by atoms with E-state index in [0.717, 1.165) is 51.2 Å². The number of aromatic nitrogens is 5. The minimum absolute atomic E-state index is 0.147. The fraction of sp³-hybridized carbons (Fsp3) is 0.119. The van der Waals surface area contributed by atoms with Crippen LogP contribution < -0.4 is 0 Å². The molecule has 228 valence electrons. The lowest BCUT2D eigenvalue weighted by molar-refractivity contribution is 0.506.